The standard InChI is InChI=1S/C36H42F2N10O10S2/c1-2-60(53,54)30(28-26(50)27(51)35(57-28)47-15-43-23-31(39-13-41-33(23)47)45-18-5-7-55-10-18)36(29(52)25(49)21(58-36)12-59-22-4-3-17(37)9-20(22)38)48-16-44-24-32(40-14-42-34(24)48)46-19-6-8-56-11-19/h3-4,9,13-16,18-19,21,25-30,35,49-52H,2,5-8,10-12H2,1H3,(H,39,41,45)(H,40,42,46)/t18-,19-,21-,25-,26-,27-,28+,29-,30?,35-,36-/m1/s1. The molecule has 0 radical (unpaired) electrons. The van der Waals surface area contributed by atoms with Crippen molar-refractivity contribution in [3.8, 4) is 0 Å². The van der Waals surface area contributed by atoms with Gasteiger partial charge in [0.2, 0.25) is 0 Å². The van der Waals surface area contributed by atoms with E-state index in [0.717, 1.165) is 28.8 Å². The minimum absolute atomic E-state index is 0.00355. The van der Waals surface area contributed by atoms with Crippen LogP contribution >= 0.6 is 11.8 Å². The number of halogens is 2. The van der Waals surface area contributed by atoms with Crippen LogP contribution in [0.5, 0.6) is 0 Å². The molecule has 0 amide bonds. The van der Waals surface area contributed by atoms with Crippen molar-refractivity contribution < 1.29 is 56.6 Å². The maximum Gasteiger partial charge on any atom is 0.196 e. The molecule has 4 aliphatic rings. The summed E-state index contributed by atoms with van der Waals surface area (Å²) in [5, 5.41) is 52.2. The van der Waals surface area contributed by atoms with Crippen molar-refractivity contribution in [2.45, 2.75) is 90.6 Å². The second kappa shape index (κ2) is 16.2. The zero-order valence-corrected chi connectivity index (χ0v) is 33.5. The predicted molar refractivity (Wildman–Crippen MR) is 207 cm³/mol. The molecule has 4 aliphatic heterocycles. The first-order valence-corrected chi connectivity index (χ1v) is 22.0. The number of rotatable bonds is 13. The van der Waals surface area contributed by atoms with Crippen LogP contribution in [0, 0.1) is 11.6 Å². The van der Waals surface area contributed by atoms with Crippen LogP contribution in [0.4, 0.5) is 20.4 Å². The number of aromatic nitrogens is 8. The number of aliphatic hydroxyl groups is 4. The molecule has 60 heavy (non-hydrogen) atoms. The first-order valence-electron chi connectivity index (χ1n) is 19.3. The Hall–Kier alpha value is -4.24. The van der Waals surface area contributed by atoms with E-state index in [4.69, 9.17) is 18.9 Å². The predicted octanol–water partition coefficient (Wildman–Crippen LogP) is 0.334. The number of benzene rings is 1. The highest BCUT2D eigenvalue weighted by atomic mass is 32.2. The van der Waals surface area contributed by atoms with E-state index < -0.39 is 81.1 Å². The van der Waals surface area contributed by atoms with Crippen LogP contribution in [0.1, 0.15) is 26.0 Å². The molecule has 11 atom stereocenters. The van der Waals surface area contributed by atoms with Crippen molar-refractivity contribution in [3.63, 3.8) is 0 Å². The smallest absolute Gasteiger partial charge is 0.196 e. The van der Waals surface area contributed by atoms with Crippen LogP contribution in [0.3, 0.4) is 0 Å². The Morgan fingerprint density at radius 1 is 0.883 bits per heavy atom. The first kappa shape index (κ1) is 41.1. The minimum Gasteiger partial charge on any atom is -0.387 e. The molecular formula is C36H42F2N10O10S2. The van der Waals surface area contributed by atoms with Gasteiger partial charge in [0.15, 0.2) is 55.8 Å². The van der Waals surface area contributed by atoms with E-state index in [0.29, 0.717) is 50.2 Å². The second-order valence-electron chi connectivity index (χ2n) is 15.0. The molecule has 322 valence electrons. The third kappa shape index (κ3) is 7.04. The molecule has 9 rings (SSSR count). The van der Waals surface area contributed by atoms with Crippen LogP contribution in [-0.2, 0) is 34.5 Å². The number of anilines is 2. The van der Waals surface area contributed by atoms with Gasteiger partial charge in [-0.25, -0.2) is 47.1 Å². The molecular weight excluding hydrogens is 835 g/mol. The van der Waals surface area contributed by atoms with Crippen molar-refractivity contribution in [2.75, 3.05) is 48.6 Å². The summed E-state index contributed by atoms with van der Waals surface area (Å²) >= 11 is 0.835. The van der Waals surface area contributed by atoms with Crippen molar-refractivity contribution in [2.24, 2.45) is 0 Å². The Balaban J connectivity index is 1.14. The van der Waals surface area contributed by atoms with Crippen LogP contribution < -0.4 is 10.6 Å². The molecule has 4 saturated heterocycles. The molecule has 0 aliphatic carbocycles. The minimum atomic E-state index is -4.58. The maximum atomic E-state index is 14.8. The lowest BCUT2D eigenvalue weighted by atomic mass is 9.93. The number of nitrogens with one attached hydrogen (secondary N) is 2. The van der Waals surface area contributed by atoms with Gasteiger partial charge < -0.3 is 50.0 Å². The van der Waals surface area contributed by atoms with E-state index in [2.05, 4.69) is 40.5 Å². The molecule has 0 bridgehead atoms. The van der Waals surface area contributed by atoms with Gasteiger partial charge in [0, 0.05) is 35.7 Å². The van der Waals surface area contributed by atoms with Gasteiger partial charge >= 0.3 is 0 Å². The third-order valence-corrected chi connectivity index (χ3v) is 14.7. The summed E-state index contributed by atoms with van der Waals surface area (Å²) in [7, 11) is -4.58. The summed E-state index contributed by atoms with van der Waals surface area (Å²) in [5.41, 5.74) is -1.97. The van der Waals surface area contributed by atoms with Gasteiger partial charge in [-0.1, -0.05) is 6.92 Å². The Morgan fingerprint density at radius 3 is 2.17 bits per heavy atom. The average molecular weight is 877 g/mol. The van der Waals surface area contributed by atoms with E-state index >= 15 is 0 Å². The lowest BCUT2D eigenvalue weighted by Crippen LogP contribution is -2.63. The highest BCUT2D eigenvalue weighted by Crippen LogP contribution is 2.49. The average Bonchev–Trinajstić information content (AvgIpc) is 4.11. The van der Waals surface area contributed by atoms with Gasteiger partial charge in [-0.3, -0.25) is 9.13 Å². The van der Waals surface area contributed by atoms with E-state index in [1.807, 2.05) is 0 Å². The van der Waals surface area contributed by atoms with Crippen LogP contribution in [0.15, 0.2) is 48.4 Å². The number of sulfone groups is 1. The van der Waals surface area contributed by atoms with Crippen molar-refractivity contribution in [3.05, 3.63) is 55.1 Å². The Morgan fingerprint density at radius 2 is 1.53 bits per heavy atom. The number of fused-ring (bicyclic) bond motifs is 2. The zero-order valence-electron chi connectivity index (χ0n) is 31.9. The van der Waals surface area contributed by atoms with Crippen LogP contribution in [0.25, 0.3) is 22.3 Å². The van der Waals surface area contributed by atoms with E-state index in [1.165, 1.54) is 42.9 Å². The van der Waals surface area contributed by atoms with Crippen molar-refractivity contribution in [1.29, 1.82) is 0 Å². The fraction of sp³-hybridized carbons (Fsp3) is 0.556. The molecule has 24 heteroatoms. The number of hydrogen-bond donors (Lipinski definition) is 6. The van der Waals surface area contributed by atoms with Gasteiger partial charge in [-0.15, -0.1) is 11.8 Å². The molecule has 0 saturated carbocycles. The monoisotopic (exact) mass is 876 g/mol. The fourth-order valence-corrected chi connectivity index (χ4v) is 11.2. The van der Waals surface area contributed by atoms with Gasteiger partial charge in [-0.05, 0) is 25.0 Å². The SMILES string of the molecule is CCS(=O)(=O)C([C@H]1O[C@@H](n2cnc3c(N[C@@H]4CCOC4)ncnc32)[C@H](O)[C@H]1O)[C@]1(n2cnc3c(N[C@@H]4CCOC4)ncnc32)O[C@H](CSc2ccc(F)cc2F)[C@@H](O)[C@H]1O. The normalized spacial score (nSPS) is 31.4. The Kier molecular flexibility index (Phi) is 11.1. The summed E-state index contributed by atoms with van der Waals surface area (Å²) in [6.07, 6.45) is -6.09. The van der Waals surface area contributed by atoms with E-state index in [9.17, 15) is 37.6 Å². The largest absolute Gasteiger partial charge is 0.387 e. The number of thioether (sulfide) groups is 1. The van der Waals surface area contributed by atoms with Crippen molar-refractivity contribution in [1.82, 2.24) is 39.0 Å². The molecule has 5 aromatic rings. The fourth-order valence-electron chi connectivity index (χ4n) is 8.36. The third-order valence-electron chi connectivity index (χ3n) is 11.4. The summed E-state index contributed by atoms with van der Waals surface area (Å²) < 4.78 is 84.4. The first-order chi connectivity index (χ1) is 28.9. The highest BCUT2D eigenvalue weighted by molar-refractivity contribution is 7.99. The van der Waals surface area contributed by atoms with Gasteiger partial charge in [0.05, 0.1) is 44.1 Å². The molecule has 20 nitrogen and oxygen atoms in total. The number of imidazole rings is 2. The summed E-state index contributed by atoms with van der Waals surface area (Å²) in [6, 6.07) is 2.77. The lowest BCUT2D eigenvalue weighted by Gasteiger charge is -2.42. The topological polar surface area (TPSA) is 263 Å². The highest BCUT2D eigenvalue weighted by Gasteiger charge is 2.68. The van der Waals surface area contributed by atoms with Crippen LogP contribution in [0.2, 0.25) is 0 Å². The van der Waals surface area contributed by atoms with E-state index in [-0.39, 0.29) is 45.4 Å². The quantitative estimate of drug-likeness (QED) is 0.0871. The van der Waals surface area contributed by atoms with Crippen molar-refractivity contribution >= 4 is 55.6 Å². The zero-order chi connectivity index (χ0) is 41.9. The Bertz CT molecular complexity index is 2470. The Labute approximate surface area is 344 Å². The summed E-state index contributed by atoms with van der Waals surface area (Å²) in [4.78, 5) is 26.4. The van der Waals surface area contributed by atoms with Crippen LogP contribution in [-0.4, -0.2) is 160 Å². The molecule has 0 spiro atoms. The number of aliphatic hydroxyl groups excluding tert-OH is 4. The molecule has 1 unspecified atom stereocenters. The molecule has 1 aromatic carbocycles. The molecule has 6 N–H and O–H groups in total. The van der Waals surface area contributed by atoms with Gasteiger partial charge in [0.1, 0.15) is 60.1 Å². The number of ether oxygens (including phenoxy) is 4. The maximum absolute atomic E-state index is 14.8. The summed E-state index contributed by atoms with van der Waals surface area (Å²) in [6.45, 7) is 3.28. The number of hydrogen-bond acceptors (Lipinski definition) is 19. The van der Waals surface area contributed by atoms with Gasteiger partial charge in [-0.2, -0.15) is 0 Å². The molecule has 8 heterocycles. The molecule has 4 fully saturated rings. The number of nitrogens with zero attached hydrogens (tertiary/aromatic N) is 8. The second-order valence-corrected chi connectivity index (χ2v) is 18.5. The molecule has 4 aromatic heterocycles. The lowest BCUT2D eigenvalue weighted by molar-refractivity contribution is -0.165. The van der Waals surface area contributed by atoms with E-state index in [1.54, 1.807) is 0 Å². The summed E-state index contributed by atoms with van der Waals surface area (Å²) in [5.74, 6) is -1.89. The van der Waals surface area contributed by atoms with Gasteiger partial charge in [0.25, 0.3) is 0 Å².